The van der Waals surface area contributed by atoms with E-state index in [2.05, 4.69) is 60.4 Å². The van der Waals surface area contributed by atoms with Gasteiger partial charge < -0.3 is 14.7 Å². The van der Waals surface area contributed by atoms with Gasteiger partial charge in [-0.05, 0) is 38.4 Å². The van der Waals surface area contributed by atoms with Crippen molar-refractivity contribution in [2.45, 2.75) is 65.5 Å². The number of aromatic nitrogens is 3. The molecule has 1 aromatic heterocycles. The van der Waals surface area contributed by atoms with Crippen molar-refractivity contribution >= 4 is 5.91 Å². The Balaban J connectivity index is 1.78. The summed E-state index contributed by atoms with van der Waals surface area (Å²) < 4.78 is 8.23. The monoisotopic (exact) mass is 443 g/mol. The zero-order valence-corrected chi connectivity index (χ0v) is 19.8. The Morgan fingerprint density at radius 3 is 2.88 bits per heavy atom. The average Bonchev–Trinajstić information content (AvgIpc) is 3.22. The fourth-order valence-corrected chi connectivity index (χ4v) is 4.20. The first-order valence-electron chi connectivity index (χ1n) is 11.5. The van der Waals surface area contributed by atoms with Crippen molar-refractivity contribution in [3.05, 3.63) is 47.3 Å². The number of aryl methyl sites for hydroxylation is 2. The lowest BCUT2D eigenvalue weighted by molar-refractivity contribution is -0.136. The van der Waals surface area contributed by atoms with E-state index in [1.165, 1.54) is 11.1 Å². The number of hydrogen-bond acceptors (Lipinski definition) is 6. The Bertz CT molecular complexity index is 871. The van der Waals surface area contributed by atoms with Crippen LogP contribution in [-0.2, 0) is 29.2 Å². The van der Waals surface area contributed by atoms with E-state index in [1.807, 2.05) is 16.5 Å². The maximum atomic E-state index is 13.0. The molecule has 1 N–H and O–H groups in total. The van der Waals surface area contributed by atoms with Crippen LogP contribution < -0.4 is 0 Å². The van der Waals surface area contributed by atoms with E-state index < -0.39 is 0 Å². The first-order chi connectivity index (χ1) is 15.4. The molecule has 8 heteroatoms. The van der Waals surface area contributed by atoms with Crippen molar-refractivity contribution < 1.29 is 14.6 Å². The van der Waals surface area contributed by atoms with Gasteiger partial charge in [0.1, 0.15) is 0 Å². The van der Waals surface area contributed by atoms with Crippen molar-refractivity contribution in [3.8, 4) is 0 Å². The van der Waals surface area contributed by atoms with E-state index in [4.69, 9.17) is 4.74 Å². The number of carbonyl (C=O) groups excluding carboxylic acids is 1. The molecule has 1 aromatic carbocycles. The molecular weight excluding hydrogens is 406 g/mol. The molecule has 0 radical (unpaired) electrons. The van der Waals surface area contributed by atoms with E-state index >= 15 is 0 Å². The van der Waals surface area contributed by atoms with Gasteiger partial charge in [0.05, 0.1) is 37.3 Å². The number of carbonyl (C=O) groups is 1. The largest absolute Gasteiger partial charge is 0.394 e. The first kappa shape index (κ1) is 24.4. The van der Waals surface area contributed by atoms with E-state index in [0.29, 0.717) is 32.5 Å². The number of fused-ring (bicyclic) bond motifs is 1. The summed E-state index contributed by atoms with van der Waals surface area (Å²) in [5.74, 6) is 0.156. The summed E-state index contributed by atoms with van der Waals surface area (Å²) in [5, 5.41) is 17.9. The standard InChI is InChI=1S/C24H37N5O3/c1-18-8-5-6-9-21(18)14-27(4)15-23-19(2)13-28(20(3)16-30)24(31)10-7-11-29-22(17-32-23)12-25-26-29/h5-6,8-9,12,19-20,23,30H,7,10-11,13-17H2,1-4H3/t19-,20+,23-/m1/s1. The third-order valence-corrected chi connectivity index (χ3v) is 6.33. The van der Waals surface area contributed by atoms with Gasteiger partial charge in [-0.2, -0.15) is 0 Å². The zero-order chi connectivity index (χ0) is 23.1. The number of hydrogen-bond donors (Lipinski definition) is 1. The highest BCUT2D eigenvalue weighted by Gasteiger charge is 2.28. The Hall–Kier alpha value is -2.29. The summed E-state index contributed by atoms with van der Waals surface area (Å²) in [6.45, 7) is 9.27. The smallest absolute Gasteiger partial charge is 0.222 e. The Morgan fingerprint density at radius 2 is 2.12 bits per heavy atom. The highest BCUT2D eigenvalue weighted by Crippen LogP contribution is 2.19. The van der Waals surface area contributed by atoms with E-state index in [1.54, 1.807) is 6.20 Å². The number of likely N-dealkylation sites (N-methyl/N-ethyl adjacent to an activating group) is 1. The minimum absolute atomic E-state index is 0.0512. The van der Waals surface area contributed by atoms with E-state index in [9.17, 15) is 9.90 Å². The van der Waals surface area contributed by atoms with Crippen LogP contribution in [-0.4, -0.2) is 74.7 Å². The van der Waals surface area contributed by atoms with Gasteiger partial charge in [0, 0.05) is 38.5 Å². The van der Waals surface area contributed by atoms with Crippen LogP contribution in [0, 0.1) is 12.8 Å². The van der Waals surface area contributed by atoms with Gasteiger partial charge in [0.15, 0.2) is 0 Å². The van der Waals surface area contributed by atoms with Gasteiger partial charge in [-0.25, -0.2) is 4.68 Å². The minimum Gasteiger partial charge on any atom is -0.394 e. The molecule has 32 heavy (non-hydrogen) atoms. The van der Waals surface area contributed by atoms with Crippen LogP contribution in [0.5, 0.6) is 0 Å². The lowest BCUT2D eigenvalue weighted by Crippen LogP contribution is -2.47. The second-order valence-electron chi connectivity index (χ2n) is 9.08. The Morgan fingerprint density at radius 1 is 1.34 bits per heavy atom. The van der Waals surface area contributed by atoms with Crippen molar-refractivity contribution in [1.29, 1.82) is 0 Å². The Labute approximate surface area is 191 Å². The highest BCUT2D eigenvalue weighted by molar-refractivity contribution is 5.76. The molecule has 3 atom stereocenters. The van der Waals surface area contributed by atoms with Crippen molar-refractivity contribution in [2.24, 2.45) is 5.92 Å². The van der Waals surface area contributed by atoms with E-state index in [0.717, 1.165) is 18.8 Å². The third kappa shape index (κ3) is 6.37. The summed E-state index contributed by atoms with van der Waals surface area (Å²) in [6.07, 6.45) is 2.76. The fourth-order valence-electron chi connectivity index (χ4n) is 4.20. The fraction of sp³-hybridized carbons (Fsp3) is 0.625. The van der Waals surface area contributed by atoms with Gasteiger partial charge in [-0.3, -0.25) is 9.69 Å². The number of aliphatic hydroxyl groups is 1. The highest BCUT2D eigenvalue weighted by atomic mass is 16.5. The van der Waals surface area contributed by atoms with Crippen LogP contribution in [0.1, 0.15) is 43.5 Å². The van der Waals surface area contributed by atoms with Crippen LogP contribution in [0.15, 0.2) is 30.5 Å². The molecule has 0 fully saturated rings. The first-order valence-corrected chi connectivity index (χ1v) is 11.5. The molecule has 8 nitrogen and oxygen atoms in total. The third-order valence-electron chi connectivity index (χ3n) is 6.33. The van der Waals surface area contributed by atoms with Crippen LogP contribution >= 0.6 is 0 Å². The molecule has 176 valence electrons. The van der Waals surface area contributed by atoms with Gasteiger partial charge in [-0.15, -0.1) is 5.10 Å². The quantitative estimate of drug-likeness (QED) is 0.737. The molecule has 0 bridgehead atoms. The predicted octanol–water partition coefficient (Wildman–Crippen LogP) is 2.24. The summed E-state index contributed by atoms with van der Waals surface area (Å²) in [7, 11) is 2.10. The lowest BCUT2D eigenvalue weighted by Gasteiger charge is -2.35. The summed E-state index contributed by atoms with van der Waals surface area (Å²) in [4.78, 5) is 17.0. The molecule has 0 unspecified atom stereocenters. The molecule has 0 aliphatic carbocycles. The van der Waals surface area contributed by atoms with Crippen LogP contribution in [0.2, 0.25) is 0 Å². The number of rotatable bonds is 6. The second kappa shape index (κ2) is 11.5. The number of ether oxygens (including phenoxy) is 1. The molecule has 0 saturated carbocycles. The van der Waals surface area contributed by atoms with Crippen LogP contribution in [0.3, 0.4) is 0 Å². The maximum absolute atomic E-state index is 13.0. The summed E-state index contributed by atoms with van der Waals surface area (Å²) in [5.41, 5.74) is 3.50. The van der Waals surface area contributed by atoms with E-state index in [-0.39, 0.29) is 30.6 Å². The normalized spacial score (nSPS) is 21.7. The van der Waals surface area contributed by atoms with Gasteiger partial charge in [0.25, 0.3) is 0 Å². The summed E-state index contributed by atoms with van der Waals surface area (Å²) >= 11 is 0. The van der Waals surface area contributed by atoms with Gasteiger partial charge >= 0.3 is 0 Å². The van der Waals surface area contributed by atoms with Crippen molar-refractivity contribution in [3.63, 3.8) is 0 Å². The molecule has 0 spiro atoms. The molecule has 0 saturated heterocycles. The molecule has 2 heterocycles. The molecular formula is C24H37N5O3. The molecule has 1 aliphatic heterocycles. The number of amides is 1. The van der Waals surface area contributed by atoms with Crippen LogP contribution in [0.4, 0.5) is 0 Å². The molecule has 1 amide bonds. The molecule has 1 aliphatic rings. The minimum atomic E-state index is -0.222. The second-order valence-corrected chi connectivity index (χ2v) is 9.08. The van der Waals surface area contributed by atoms with Crippen molar-refractivity contribution in [2.75, 3.05) is 26.7 Å². The SMILES string of the molecule is Cc1ccccc1CN(C)C[C@H]1OCc2cnnn2CCCC(=O)N([C@@H](C)CO)C[C@H]1C. The maximum Gasteiger partial charge on any atom is 0.222 e. The number of aliphatic hydroxyl groups excluding tert-OH is 1. The number of nitrogens with zero attached hydrogens (tertiary/aromatic N) is 5. The lowest BCUT2D eigenvalue weighted by atomic mass is 10.0. The predicted molar refractivity (Wildman–Crippen MR) is 123 cm³/mol. The zero-order valence-electron chi connectivity index (χ0n) is 19.8. The summed E-state index contributed by atoms with van der Waals surface area (Å²) in [6, 6.07) is 8.19. The van der Waals surface area contributed by atoms with Gasteiger partial charge in [0.2, 0.25) is 5.91 Å². The average molecular weight is 444 g/mol. The van der Waals surface area contributed by atoms with Crippen LogP contribution in [0.25, 0.3) is 0 Å². The molecule has 2 aromatic rings. The van der Waals surface area contributed by atoms with Crippen molar-refractivity contribution in [1.82, 2.24) is 24.8 Å². The topological polar surface area (TPSA) is 83.7 Å². The van der Waals surface area contributed by atoms with Gasteiger partial charge in [-0.1, -0.05) is 36.4 Å². The number of benzene rings is 1. The molecule has 3 rings (SSSR count). The Kier molecular flexibility index (Phi) is 8.78.